The van der Waals surface area contributed by atoms with Crippen molar-refractivity contribution in [3.05, 3.63) is 41.6 Å². The van der Waals surface area contributed by atoms with Crippen molar-refractivity contribution in [2.45, 2.75) is 83.7 Å². The van der Waals surface area contributed by atoms with Gasteiger partial charge in [0.1, 0.15) is 5.60 Å². The van der Waals surface area contributed by atoms with E-state index in [-0.39, 0.29) is 5.41 Å². The third-order valence-electron chi connectivity index (χ3n) is 8.41. The first kappa shape index (κ1) is 20.3. The molecule has 0 aliphatic carbocycles. The van der Waals surface area contributed by atoms with Gasteiger partial charge >= 0.3 is 0 Å². The van der Waals surface area contributed by atoms with E-state index in [9.17, 15) is 5.11 Å². The van der Waals surface area contributed by atoms with Gasteiger partial charge in [-0.1, -0.05) is 57.9 Å². The van der Waals surface area contributed by atoms with Gasteiger partial charge in [-0.25, -0.2) is 0 Å². The Labute approximate surface area is 181 Å². The second kappa shape index (κ2) is 7.53. The number of fused-ring (bicyclic) bond motifs is 4. The smallest absolute Gasteiger partial charge is 0.105 e. The van der Waals surface area contributed by atoms with Gasteiger partial charge in [-0.2, -0.15) is 0 Å². The number of nitrogens with zero attached hydrogens (tertiary/aromatic N) is 2. The summed E-state index contributed by atoms with van der Waals surface area (Å²) in [6.07, 6.45) is 11.1. The minimum atomic E-state index is -0.746. The van der Waals surface area contributed by atoms with Crippen molar-refractivity contribution < 1.29 is 5.11 Å². The molecule has 162 valence electrons. The molecule has 0 radical (unpaired) electrons. The molecule has 3 heteroatoms. The van der Waals surface area contributed by atoms with Crippen LogP contribution >= 0.6 is 0 Å². The molecule has 1 unspecified atom stereocenters. The van der Waals surface area contributed by atoms with Crippen LogP contribution in [-0.2, 0) is 6.42 Å². The van der Waals surface area contributed by atoms with Crippen LogP contribution in [0.4, 0.5) is 0 Å². The summed E-state index contributed by atoms with van der Waals surface area (Å²) in [5.41, 5.74) is 5.01. The molecule has 1 fully saturated rings. The number of para-hydroxylation sites is 1. The zero-order chi connectivity index (χ0) is 20.9. The number of hydrogen-bond acceptors (Lipinski definition) is 2. The highest BCUT2D eigenvalue weighted by Gasteiger charge is 2.49. The Bertz CT molecular complexity index is 965. The lowest BCUT2D eigenvalue weighted by molar-refractivity contribution is 0.0718. The molecular weight excluding hydrogens is 368 g/mol. The number of hydrogen-bond donors (Lipinski definition) is 1. The van der Waals surface area contributed by atoms with Crippen LogP contribution < -0.4 is 0 Å². The molecule has 3 atom stereocenters. The Morgan fingerprint density at radius 2 is 1.87 bits per heavy atom. The van der Waals surface area contributed by atoms with Crippen molar-refractivity contribution in [1.29, 1.82) is 0 Å². The molecule has 3 nitrogen and oxygen atoms in total. The van der Waals surface area contributed by atoms with Crippen molar-refractivity contribution >= 4 is 16.6 Å². The molecule has 0 spiro atoms. The normalized spacial score (nSPS) is 28.2. The summed E-state index contributed by atoms with van der Waals surface area (Å²) in [5, 5.41) is 13.5. The fourth-order valence-corrected chi connectivity index (χ4v) is 6.97. The van der Waals surface area contributed by atoms with Crippen LogP contribution in [0.1, 0.15) is 82.9 Å². The average Bonchev–Trinajstić information content (AvgIpc) is 2.85. The van der Waals surface area contributed by atoms with E-state index < -0.39 is 5.60 Å². The average molecular weight is 407 g/mol. The maximum atomic E-state index is 12.1. The number of aliphatic hydroxyl groups is 1. The Hall–Kier alpha value is -1.58. The SMILES string of the molecule is CCCC(O)(CCC)C1=C[C@]2(CC)CCCN3CCc4c(n1c1ccccc41)[C@H]2C3. The molecule has 3 aliphatic heterocycles. The van der Waals surface area contributed by atoms with Gasteiger partial charge in [-0.3, -0.25) is 0 Å². The molecule has 0 amide bonds. The van der Waals surface area contributed by atoms with E-state index in [2.05, 4.69) is 60.6 Å². The Kier molecular flexibility index (Phi) is 5.10. The highest BCUT2D eigenvalue weighted by atomic mass is 16.3. The third-order valence-corrected chi connectivity index (χ3v) is 8.41. The number of benzene rings is 1. The first-order chi connectivity index (χ1) is 14.6. The summed E-state index contributed by atoms with van der Waals surface area (Å²) in [6.45, 7) is 10.4. The number of allylic oxidation sites excluding steroid dienone is 1. The summed E-state index contributed by atoms with van der Waals surface area (Å²) in [7, 11) is 0. The molecule has 3 aliphatic rings. The quantitative estimate of drug-likeness (QED) is 0.641. The molecule has 30 heavy (non-hydrogen) atoms. The monoisotopic (exact) mass is 406 g/mol. The molecule has 4 heterocycles. The standard InChI is InChI=1S/C27H38N2O/c1-4-13-27(30,14-5-2)24-18-26(6-3)15-9-16-28-17-12-21-20-10-7-8-11-23(20)29(24)25(21)22(26)19-28/h7-8,10-11,18,22,30H,4-6,9,12-17,19H2,1-3H3/t22-,26+/m1/s1. The van der Waals surface area contributed by atoms with Crippen LogP contribution in [0.2, 0.25) is 0 Å². The lowest BCUT2D eigenvalue weighted by atomic mass is 9.65. The predicted octanol–water partition coefficient (Wildman–Crippen LogP) is 5.96. The van der Waals surface area contributed by atoms with Crippen LogP contribution in [0.5, 0.6) is 0 Å². The molecule has 1 N–H and O–H groups in total. The van der Waals surface area contributed by atoms with Gasteiger partial charge in [-0.15, -0.1) is 0 Å². The van der Waals surface area contributed by atoms with Crippen LogP contribution in [0, 0.1) is 5.41 Å². The maximum Gasteiger partial charge on any atom is 0.105 e. The Morgan fingerprint density at radius 1 is 1.10 bits per heavy atom. The topological polar surface area (TPSA) is 28.4 Å². The van der Waals surface area contributed by atoms with E-state index >= 15 is 0 Å². The minimum Gasteiger partial charge on any atom is -0.384 e. The fraction of sp³-hybridized carbons (Fsp3) is 0.630. The van der Waals surface area contributed by atoms with E-state index in [1.807, 2.05) is 0 Å². The molecule has 0 saturated carbocycles. The van der Waals surface area contributed by atoms with Gasteiger partial charge in [0.25, 0.3) is 0 Å². The minimum absolute atomic E-state index is 0.170. The molecule has 1 aromatic carbocycles. The van der Waals surface area contributed by atoms with Crippen LogP contribution in [0.15, 0.2) is 30.3 Å². The van der Waals surface area contributed by atoms with Gasteiger partial charge < -0.3 is 14.6 Å². The highest BCUT2D eigenvalue weighted by molar-refractivity contribution is 5.90. The van der Waals surface area contributed by atoms with Crippen molar-refractivity contribution in [1.82, 2.24) is 9.47 Å². The van der Waals surface area contributed by atoms with Gasteiger partial charge in [0.2, 0.25) is 0 Å². The third kappa shape index (κ3) is 2.85. The highest BCUT2D eigenvalue weighted by Crippen LogP contribution is 2.56. The van der Waals surface area contributed by atoms with Gasteiger partial charge in [0.15, 0.2) is 0 Å². The molecule has 2 bridgehead atoms. The second-order valence-corrected chi connectivity index (χ2v) is 10.1. The molecular formula is C27H38N2O. The van der Waals surface area contributed by atoms with Crippen molar-refractivity contribution in [2.75, 3.05) is 19.6 Å². The van der Waals surface area contributed by atoms with E-state index in [4.69, 9.17) is 0 Å². The lowest BCUT2D eigenvalue weighted by Gasteiger charge is -2.46. The van der Waals surface area contributed by atoms with E-state index in [1.54, 1.807) is 5.56 Å². The first-order valence-electron chi connectivity index (χ1n) is 12.4. The Morgan fingerprint density at radius 3 is 2.60 bits per heavy atom. The summed E-state index contributed by atoms with van der Waals surface area (Å²) in [5.74, 6) is 0.533. The number of aromatic nitrogens is 1. The van der Waals surface area contributed by atoms with Crippen molar-refractivity contribution in [3.63, 3.8) is 0 Å². The van der Waals surface area contributed by atoms with E-state index in [0.29, 0.717) is 5.92 Å². The summed E-state index contributed by atoms with van der Waals surface area (Å²) in [6, 6.07) is 8.96. The summed E-state index contributed by atoms with van der Waals surface area (Å²) < 4.78 is 2.53. The number of rotatable bonds is 6. The molecule has 2 aromatic rings. The van der Waals surface area contributed by atoms with Gasteiger partial charge in [-0.05, 0) is 62.1 Å². The lowest BCUT2D eigenvalue weighted by Crippen LogP contribution is -2.42. The predicted molar refractivity (Wildman–Crippen MR) is 126 cm³/mol. The van der Waals surface area contributed by atoms with Crippen LogP contribution in [0.3, 0.4) is 0 Å². The van der Waals surface area contributed by atoms with Crippen LogP contribution in [-0.4, -0.2) is 39.8 Å². The fourth-order valence-electron chi connectivity index (χ4n) is 6.97. The molecule has 1 saturated heterocycles. The van der Waals surface area contributed by atoms with Gasteiger partial charge in [0, 0.05) is 30.1 Å². The summed E-state index contributed by atoms with van der Waals surface area (Å²) >= 11 is 0. The largest absolute Gasteiger partial charge is 0.384 e. The zero-order valence-electron chi connectivity index (χ0n) is 19.1. The summed E-state index contributed by atoms with van der Waals surface area (Å²) in [4.78, 5) is 2.71. The van der Waals surface area contributed by atoms with Crippen molar-refractivity contribution in [3.8, 4) is 0 Å². The van der Waals surface area contributed by atoms with E-state index in [0.717, 1.165) is 38.5 Å². The van der Waals surface area contributed by atoms with Crippen molar-refractivity contribution in [2.24, 2.45) is 5.41 Å². The van der Waals surface area contributed by atoms with Crippen LogP contribution in [0.25, 0.3) is 16.6 Å². The van der Waals surface area contributed by atoms with Gasteiger partial charge in [0.05, 0.1) is 11.2 Å². The Balaban J connectivity index is 1.85. The second-order valence-electron chi connectivity index (χ2n) is 10.1. The first-order valence-corrected chi connectivity index (χ1v) is 12.4. The zero-order valence-corrected chi connectivity index (χ0v) is 19.1. The van der Waals surface area contributed by atoms with E-state index in [1.165, 1.54) is 54.8 Å². The maximum absolute atomic E-state index is 12.1. The molecule has 1 aromatic heterocycles. The molecule has 5 rings (SSSR count).